The van der Waals surface area contributed by atoms with Crippen molar-refractivity contribution in [2.24, 2.45) is 16.3 Å². The number of quaternary nitrogens is 1. The van der Waals surface area contributed by atoms with Crippen molar-refractivity contribution in [1.29, 1.82) is 0 Å². The molecular weight excluding hydrogens is 508 g/mol. The number of ketones is 1. The van der Waals surface area contributed by atoms with Crippen LogP contribution in [0.15, 0.2) is 71.4 Å². The van der Waals surface area contributed by atoms with E-state index in [1.807, 2.05) is 20.9 Å². The number of allylic oxidation sites excluding steroid dienone is 2. The van der Waals surface area contributed by atoms with E-state index in [4.69, 9.17) is 0 Å². The maximum Gasteiger partial charge on any atom is 0.322 e. The highest BCUT2D eigenvalue weighted by Crippen LogP contribution is 2.72. The van der Waals surface area contributed by atoms with Crippen molar-refractivity contribution in [3.8, 4) is 0 Å². The molecule has 41 heavy (non-hydrogen) atoms. The lowest BCUT2D eigenvalue weighted by atomic mass is 9.72. The summed E-state index contributed by atoms with van der Waals surface area (Å²) in [5.41, 5.74) is 8.95. The van der Waals surface area contributed by atoms with Crippen LogP contribution < -0.4 is 4.48 Å². The minimum absolute atomic E-state index is 0.0659. The largest absolute Gasteiger partial charge is 0.322 e. The summed E-state index contributed by atoms with van der Waals surface area (Å²) in [6.45, 7) is 8.92. The number of hydrogen-bond donors (Lipinski definition) is 0. The number of carbonyl (C=O) groups is 2. The van der Waals surface area contributed by atoms with Crippen molar-refractivity contribution in [3.05, 3.63) is 88.8 Å². The molecule has 1 amide bonds. The molecule has 1 aromatic heterocycles. The molecule has 3 aromatic rings. The van der Waals surface area contributed by atoms with Gasteiger partial charge in [0.15, 0.2) is 5.78 Å². The van der Waals surface area contributed by atoms with Crippen molar-refractivity contribution in [2.75, 3.05) is 14.1 Å². The van der Waals surface area contributed by atoms with Crippen LogP contribution in [0, 0.1) is 11.3 Å². The number of rotatable bonds is 8. The molecule has 6 heteroatoms. The van der Waals surface area contributed by atoms with Gasteiger partial charge in [-0.15, -0.1) is 0 Å². The topological polar surface area (TPSA) is 64.3 Å². The van der Waals surface area contributed by atoms with Crippen molar-refractivity contribution < 1.29 is 9.59 Å². The number of piperidine rings is 1. The Morgan fingerprint density at radius 3 is 2.51 bits per heavy atom. The van der Waals surface area contributed by atoms with Crippen LogP contribution in [0.25, 0.3) is 5.57 Å². The zero-order valence-corrected chi connectivity index (χ0v) is 25.1. The van der Waals surface area contributed by atoms with E-state index in [1.54, 1.807) is 16.9 Å². The summed E-state index contributed by atoms with van der Waals surface area (Å²) in [4.78, 5) is 32.5. The van der Waals surface area contributed by atoms with E-state index < -0.39 is 0 Å². The van der Waals surface area contributed by atoms with Crippen molar-refractivity contribution in [1.82, 2.24) is 14.3 Å². The van der Waals surface area contributed by atoms with Gasteiger partial charge in [-0.05, 0) is 75.4 Å². The second-order valence-electron chi connectivity index (χ2n) is 12.6. The number of carbonyl (C=O) groups excluding carboxylic acids is 2. The van der Waals surface area contributed by atoms with E-state index in [2.05, 4.69) is 79.5 Å². The first-order chi connectivity index (χ1) is 19.7. The van der Waals surface area contributed by atoms with E-state index in [-0.39, 0.29) is 35.0 Å². The molecule has 6 rings (SSSR count). The number of aliphatic imine (C=N–C) groups is 1. The van der Waals surface area contributed by atoms with Gasteiger partial charge in [-0.2, -0.15) is 5.10 Å². The first kappa shape index (κ1) is 27.5. The Labute approximate surface area is 243 Å². The van der Waals surface area contributed by atoms with E-state index in [0.717, 1.165) is 35.4 Å². The molecule has 2 aromatic carbocycles. The number of Topliss-reactive ketones (excluding diaryl/α,β-unsaturated/α-hetero) is 1. The molecule has 1 spiro atoms. The molecule has 6 nitrogen and oxygen atoms in total. The highest BCUT2D eigenvalue weighted by molar-refractivity contribution is 6.23. The summed E-state index contributed by atoms with van der Waals surface area (Å²) in [5.74, 6) is 0.261. The molecule has 4 unspecified atom stereocenters. The number of benzene rings is 2. The van der Waals surface area contributed by atoms with Gasteiger partial charge in [-0.3, -0.25) is 14.5 Å². The molecule has 2 aliphatic carbocycles. The summed E-state index contributed by atoms with van der Waals surface area (Å²) in [5, 5.41) is 4.29. The Morgan fingerprint density at radius 2 is 1.83 bits per heavy atom. The van der Waals surface area contributed by atoms with Crippen LogP contribution in [0.1, 0.15) is 80.1 Å². The fraction of sp³-hybridized carbons (Fsp3) is 0.429. The standard InChI is InChI=1S/C35H41N4O2/c1-7-38-29(18-19-37-38)30(40)17-16-28-33-27-11-9-8-10-25(27)20-35(33)21-31(35)39(6,34(28)41)26-14-12-24(13-15-26)32(22(2)3)23(4)36-5/h8-15,18-19,28,31,33H,7,16-17,20-21H2,1-6H3/q+1/b36-23-/t28-,31?,33?,35?,39?/m0/s1. The number of amides is 1. The summed E-state index contributed by atoms with van der Waals surface area (Å²) in [7, 11) is 3.95. The summed E-state index contributed by atoms with van der Waals surface area (Å²) in [6, 6.07) is 19.3. The van der Waals surface area contributed by atoms with E-state index >= 15 is 0 Å². The van der Waals surface area contributed by atoms with Crippen LogP contribution in [0.4, 0.5) is 5.69 Å². The molecule has 1 saturated carbocycles. The third-order valence-corrected chi connectivity index (χ3v) is 10.3. The molecule has 3 aliphatic rings. The third kappa shape index (κ3) is 4.10. The predicted molar refractivity (Wildman–Crippen MR) is 165 cm³/mol. The van der Waals surface area contributed by atoms with Crippen molar-refractivity contribution in [2.45, 2.75) is 71.9 Å². The first-order valence-corrected chi connectivity index (χ1v) is 14.9. The maximum atomic E-state index is 14.8. The van der Waals surface area contributed by atoms with Gasteiger partial charge in [0.05, 0.1) is 13.0 Å². The average molecular weight is 550 g/mol. The maximum absolute atomic E-state index is 14.8. The van der Waals surface area contributed by atoms with Crippen LogP contribution in [0.3, 0.4) is 0 Å². The van der Waals surface area contributed by atoms with Gasteiger partial charge in [0, 0.05) is 67.4 Å². The third-order valence-electron chi connectivity index (χ3n) is 10.3. The molecule has 212 valence electrons. The van der Waals surface area contributed by atoms with Gasteiger partial charge in [-0.1, -0.05) is 29.8 Å². The lowest BCUT2D eigenvalue weighted by Crippen LogP contribution is -2.61. The second-order valence-corrected chi connectivity index (χ2v) is 12.6. The monoisotopic (exact) mass is 549 g/mol. The number of likely N-dealkylation sites (tertiary alicyclic amines) is 1. The van der Waals surface area contributed by atoms with Gasteiger partial charge >= 0.3 is 5.91 Å². The highest BCUT2D eigenvalue weighted by atomic mass is 16.2. The van der Waals surface area contributed by atoms with Crippen LogP contribution in [-0.4, -0.2) is 47.3 Å². The van der Waals surface area contributed by atoms with Gasteiger partial charge in [0.25, 0.3) is 0 Å². The number of aromatic nitrogens is 2. The fourth-order valence-corrected chi connectivity index (χ4v) is 8.30. The minimum atomic E-state index is -0.216. The minimum Gasteiger partial charge on any atom is -0.293 e. The Kier molecular flexibility index (Phi) is 6.73. The fourth-order valence-electron chi connectivity index (χ4n) is 8.30. The zero-order valence-electron chi connectivity index (χ0n) is 25.1. The number of fused-ring (bicyclic) bond motifs is 2. The summed E-state index contributed by atoms with van der Waals surface area (Å²) < 4.78 is 2.06. The van der Waals surface area contributed by atoms with Crippen LogP contribution >= 0.6 is 0 Å². The first-order valence-electron chi connectivity index (χ1n) is 14.9. The second kappa shape index (κ2) is 10.0. The van der Waals surface area contributed by atoms with Gasteiger partial charge in [0.1, 0.15) is 17.4 Å². The summed E-state index contributed by atoms with van der Waals surface area (Å²) in [6.07, 6.45) is 4.63. The van der Waals surface area contributed by atoms with Gasteiger partial charge in [-0.25, -0.2) is 9.28 Å². The van der Waals surface area contributed by atoms with Crippen molar-refractivity contribution >= 4 is 28.7 Å². The van der Waals surface area contributed by atoms with Gasteiger partial charge < -0.3 is 0 Å². The molecule has 2 heterocycles. The van der Waals surface area contributed by atoms with Gasteiger partial charge in [0.2, 0.25) is 0 Å². The zero-order chi connectivity index (χ0) is 29.1. The predicted octanol–water partition coefficient (Wildman–Crippen LogP) is 6.64. The molecule has 0 radical (unpaired) electrons. The molecule has 1 saturated heterocycles. The lowest BCUT2D eigenvalue weighted by Gasteiger charge is -2.44. The average Bonchev–Trinajstić information content (AvgIpc) is 3.34. The summed E-state index contributed by atoms with van der Waals surface area (Å²) >= 11 is 0. The molecule has 0 bridgehead atoms. The Hall–Kier alpha value is -3.64. The Morgan fingerprint density at radius 1 is 1.10 bits per heavy atom. The molecular formula is C35H41N4O2+. The smallest absolute Gasteiger partial charge is 0.293 e. The molecule has 2 fully saturated rings. The van der Waals surface area contributed by atoms with Crippen LogP contribution in [0.2, 0.25) is 0 Å². The van der Waals surface area contributed by atoms with Crippen LogP contribution in [0.5, 0.6) is 0 Å². The number of hydrogen-bond acceptors (Lipinski definition) is 4. The number of aryl methyl sites for hydroxylation is 1. The van der Waals surface area contributed by atoms with Crippen molar-refractivity contribution in [3.63, 3.8) is 0 Å². The Bertz CT molecular complexity index is 1590. The quantitative estimate of drug-likeness (QED) is 0.180. The number of nitrogens with zero attached hydrogens (tertiary/aromatic N) is 4. The van der Waals surface area contributed by atoms with E-state index in [9.17, 15) is 9.59 Å². The molecule has 5 atom stereocenters. The highest BCUT2D eigenvalue weighted by Gasteiger charge is 2.78. The van der Waals surface area contributed by atoms with Crippen LogP contribution in [-0.2, 0) is 17.8 Å². The SMILES string of the molecule is CCn1nccc1C(=O)CC[C@@H]1C(=O)[N+](C)(c2ccc(C(=C(C)C)/C(C)=N\C)cc2)C2CC23Cc2ccccc2C13. The molecule has 1 aliphatic heterocycles. The normalized spacial score (nSPS) is 28.1. The molecule has 0 N–H and O–H groups in total. The Balaban J connectivity index is 1.37. The lowest BCUT2D eigenvalue weighted by molar-refractivity contribution is -0.139. The van der Waals surface area contributed by atoms with E-state index in [1.165, 1.54) is 16.7 Å². The van der Waals surface area contributed by atoms with E-state index in [0.29, 0.717) is 29.6 Å².